The number of carbonyl (C=O) groups is 1. The summed E-state index contributed by atoms with van der Waals surface area (Å²) in [5, 5.41) is 0. The van der Waals surface area contributed by atoms with Crippen LogP contribution in [0.4, 0.5) is 4.79 Å². The van der Waals surface area contributed by atoms with Crippen molar-refractivity contribution in [2.24, 2.45) is 5.73 Å². The van der Waals surface area contributed by atoms with Gasteiger partial charge in [0, 0.05) is 48.4 Å². The number of methoxy groups -OCH3 is 1. The van der Waals surface area contributed by atoms with E-state index in [-0.39, 0.29) is 30.1 Å². The summed E-state index contributed by atoms with van der Waals surface area (Å²) in [4.78, 5) is 13.3. The molecule has 7 heteroatoms. The number of ether oxygens (including phenoxy) is 2. The number of benzene rings is 1. The van der Waals surface area contributed by atoms with E-state index in [9.17, 15) is 4.79 Å². The highest BCUT2D eigenvalue weighted by atomic mass is 79.9. The average molecular weight is 392 g/mol. The van der Waals surface area contributed by atoms with E-state index in [1.54, 1.807) is 4.90 Å². The van der Waals surface area contributed by atoms with Crippen molar-refractivity contribution in [3.05, 3.63) is 28.2 Å². The first-order valence-corrected chi connectivity index (χ1v) is 7.89. The van der Waals surface area contributed by atoms with Crippen LogP contribution in [0.3, 0.4) is 0 Å². The van der Waals surface area contributed by atoms with E-state index < -0.39 is 0 Å². The van der Waals surface area contributed by atoms with Gasteiger partial charge in [-0.2, -0.15) is 0 Å². The summed E-state index contributed by atoms with van der Waals surface area (Å²) < 4.78 is 12.1. The van der Waals surface area contributed by atoms with Crippen LogP contribution in [-0.4, -0.2) is 36.8 Å². The molecule has 1 amide bonds. The number of fused-ring (bicyclic) bond motifs is 1. The largest absolute Gasteiger partial charge is 0.487 e. The minimum atomic E-state index is -0.269. The minimum Gasteiger partial charge on any atom is -0.487 e. The molecule has 22 heavy (non-hydrogen) atoms. The van der Waals surface area contributed by atoms with Gasteiger partial charge in [0.1, 0.15) is 11.4 Å². The SMILES string of the molecule is COC(=O)N1CCC2(CC1)C[C@H](N)c1cc(Br)ccc1O2.Cl. The van der Waals surface area contributed by atoms with Crippen molar-refractivity contribution >= 4 is 34.4 Å². The Labute approximate surface area is 144 Å². The molecular formula is C15H20BrClN2O3. The number of amides is 1. The Balaban J connectivity index is 0.00000176. The number of likely N-dealkylation sites (tertiary alicyclic amines) is 1. The van der Waals surface area contributed by atoms with Crippen molar-refractivity contribution in [3.8, 4) is 5.75 Å². The Morgan fingerprint density at radius 3 is 2.77 bits per heavy atom. The molecule has 2 aliphatic heterocycles. The first-order valence-electron chi connectivity index (χ1n) is 7.10. The lowest BCUT2D eigenvalue weighted by atomic mass is 9.81. The lowest BCUT2D eigenvalue weighted by molar-refractivity contribution is -0.0192. The lowest BCUT2D eigenvalue weighted by Crippen LogP contribution is -2.52. The van der Waals surface area contributed by atoms with Crippen molar-refractivity contribution in [1.82, 2.24) is 4.90 Å². The third-order valence-corrected chi connectivity index (χ3v) is 4.89. The van der Waals surface area contributed by atoms with Crippen molar-refractivity contribution < 1.29 is 14.3 Å². The molecule has 0 bridgehead atoms. The van der Waals surface area contributed by atoms with Crippen molar-refractivity contribution in [3.63, 3.8) is 0 Å². The van der Waals surface area contributed by atoms with Gasteiger partial charge >= 0.3 is 6.09 Å². The van der Waals surface area contributed by atoms with Gasteiger partial charge in [0.05, 0.1) is 7.11 Å². The maximum Gasteiger partial charge on any atom is 0.409 e. The Morgan fingerprint density at radius 2 is 2.14 bits per heavy atom. The molecule has 2 N–H and O–H groups in total. The van der Waals surface area contributed by atoms with Gasteiger partial charge in [-0.25, -0.2) is 4.79 Å². The Kier molecular flexibility index (Phi) is 5.25. The number of hydrogen-bond acceptors (Lipinski definition) is 4. The molecule has 3 rings (SSSR count). The lowest BCUT2D eigenvalue weighted by Gasteiger charge is -2.45. The molecule has 2 heterocycles. The maximum absolute atomic E-state index is 11.6. The van der Waals surface area contributed by atoms with E-state index in [1.807, 2.05) is 18.2 Å². The second kappa shape index (κ2) is 6.64. The predicted molar refractivity (Wildman–Crippen MR) is 89.5 cm³/mol. The number of nitrogens with zero attached hydrogens (tertiary/aromatic N) is 1. The third kappa shape index (κ3) is 3.19. The predicted octanol–water partition coefficient (Wildman–Crippen LogP) is 3.25. The normalized spacial score (nSPS) is 22.3. The number of hydrogen-bond donors (Lipinski definition) is 1. The van der Waals surface area contributed by atoms with Crippen LogP contribution in [0.15, 0.2) is 22.7 Å². The molecule has 2 aliphatic rings. The smallest absolute Gasteiger partial charge is 0.409 e. The highest BCUT2D eigenvalue weighted by molar-refractivity contribution is 9.10. The van der Waals surface area contributed by atoms with E-state index in [4.69, 9.17) is 15.2 Å². The quantitative estimate of drug-likeness (QED) is 0.737. The standard InChI is InChI=1S/C15H19BrN2O3.ClH/c1-20-14(19)18-6-4-15(5-7-18)9-12(17)11-8-10(16)2-3-13(11)21-15;/h2-3,8,12H,4-7,9,17H2,1H3;1H/t12-;/m0./s1. The highest BCUT2D eigenvalue weighted by Gasteiger charge is 2.43. The van der Waals surface area contributed by atoms with Gasteiger partial charge in [-0.1, -0.05) is 15.9 Å². The van der Waals surface area contributed by atoms with E-state index in [0.717, 1.165) is 35.0 Å². The van der Waals surface area contributed by atoms with Gasteiger partial charge in [0.2, 0.25) is 0 Å². The molecule has 1 fully saturated rings. The molecule has 0 aliphatic carbocycles. The van der Waals surface area contributed by atoms with Crippen LogP contribution in [0.2, 0.25) is 0 Å². The fraction of sp³-hybridized carbons (Fsp3) is 0.533. The Bertz CT molecular complexity index is 562. The summed E-state index contributed by atoms with van der Waals surface area (Å²) >= 11 is 3.47. The van der Waals surface area contributed by atoms with Crippen LogP contribution in [0.1, 0.15) is 30.9 Å². The summed E-state index contributed by atoms with van der Waals surface area (Å²) in [6.07, 6.45) is 2.08. The molecule has 1 spiro atoms. The molecule has 0 aromatic heterocycles. The summed E-state index contributed by atoms with van der Waals surface area (Å²) in [6.45, 7) is 1.29. The van der Waals surface area contributed by atoms with Crippen LogP contribution in [0.25, 0.3) is 0 Å². The molecule has 1 aromatic rings. The topological polar surface area (TPSA) is 64.8 Å². The molecule has 1 saturated heterocycles. The van der Waals surface area contributed by atoms with Gasteiger partial charge in [0.25, 0.3) is 0 Å². The molecular weight excluding hydrogens is 372 g/mol. The maximum atomic E-state index is 11.6. The Hall–Kier alpha value is -0.980. The summed E-state index contributed by atoms with van der Waals surface area (Å²) in [6, 6.07) is 5.92. The van der Waals surface area contributed by atoms with Crippen LogP contribution < -0.4 is 10.5 Å². The number of carbonyl (C=O) groups excluding carboxylic acids is 1. The third-order valence-electron chi connectivity index (χ3n) is 4.40. The zero-order chi connectivity index (χ0) is 15.0. The molecule has 0 unspecified atom stereocenters. The number of halogens is 2. The molecule has 0 saturated carbocycles. The van der Waals surface area contributed by atoms with Gasteiger partial charge in [-0.15, -0.1) is 12.4 Å². The Morgan fingerprint density at radius 1 is 1.45 bits per heavy atom. The van der Waals surface area contributed by atoms with E-state index in [0.29, 0.717) is 13.1 Å². The summed E-state index contributed by atoms with van der Waals surface area (Å²) in [5.74, 6) is 0.864. The molecule has 5 nitrogen and oxygen atoms in total. The van der Waals surface area contributed by atoms with Crippen molar-refractivity contribution in [2.45, 2.75) is 30.9 Å². The minimum absolute atomic E-state index is 0. The number of rotatable bonds is 0. The second-order valence-electron chi connectivity index (χ2n) is 5.73. The zero-order valence-corrected chi connectivity index (χ0v) is 14.8. The van der Waals surface area contributed by atoms with Crippen LogP contribution in [0.5, 0.6) is 5.75 Å². The molecule has 0 radical (unpaired) electrons. The second-order valence-corrected chi connectivity index (χ2v) is 6.65. The fourth-order valence-electron chi connectivity index (χ4n) is 3.22. The average Bonchev–Trinajstić information content (AvgIpc) is 2.48. The van der Waals surface area contributed by atoms with Crippen LogP contribution in [-0.2, 0) is 4.74 Å². The molecule has 122 valence electrons. The number of piperidine rings is 1. The van der Waals surface area contributed by atoms with Gasteiger partial charge in [0.15, 0.2) is 0 Å². The van der Waals surface area contributed by atoms with Gasteiger partial charge < -0.3 is 20.1 Å². The van der Waals surface area contributed by atoms with Crippen molar-refractivity contribution in [2.75, 3.05) is 20.2 Å². The van der Waals surface area contributed by atoms with E-state index >= 15 is 0 Å². The fourth-order valence-corrected chi connectivity index (χ4v) is 3.60. The van der Waals surface area contributed by atoms with Gasteiger partial charge in [-0.3, -0.25) is 0 Å². The monoisotopic (exact) mass is 390 g/mol. The highest BCUT2D eigenvalue weighted by Crippen LogP contribution is 2.44. The number of nitrogens with two attached hydrogens (primary N) is 1. The zero-order valence-electron chi connectivity index (χ0n) is 12.4. The van der Waals surface area contributed by atoms with Crippen molar-refractivity contribution in [1.29, 1.82) is 0 Å². The van der Waals surface area contributed by atoms with E-state index in [2.05, 4.69) is 15.9 Å². The van der Waals surface area contributed by atoms with Gasteiger partial charge in [-0.05, 0) is 18.2 Å². The van der Waals surface area contributed by atoms with E-state index in [1.165, 1.54) is 7.11 Å². The first-order chi connectivity index (χ1) is 10.0. The van der Waals surface area contributed by atoms with Crippen LogP contribution in [0, 0.1) is 0 Å². The summed E-state index contributed by atoms with van der Waals surface area (Å²) in [5.41, 5.74) is 7.12. The summed E-state index contributed by atoms with van der Waals surface area (Å²) in [7, 11) is 1.41. The molecule has 1 atom stereocenters. The van der Waals surface area contributed by atoms with Crippen LogP contribution >= 0.6 is 28.3 Å². The molecule has 1 aromatic carbocycles. The first kappa shape index (κ1) is 17.4.